The first-order valence-electron chi connectivity index (χ1n) is 25.6. The van der Waals surface area contributed by atoms with Gasteiger partial charge in [0.25, 0.3) is 0 Å². The van der Waals surface area contributed by atoms with Crippen molar-refractivity contribution in [3.05, 3.63) is 85.1 Å². The summed E-state index contributed by atoms with van der Waals surface area (Å²) in [5.74, 6) is -1.56. The second-order valence-electron chi connectivity index (χ2n) is 18.0. The van der Waals surface area contributed by atoms with Crippen molar-refractivity contribution in [3.63, 3.8) is 0 Å². The molecule has 0 aromatic heterocycles. The quantitative estimate of drug-likeness (QED) is 0.0281. The molecule has 0 aromatic carbocycles. The molecule has 8 nitrogen and oxygen atoms in total. The van der Waals surface area contributed by atoms with Gasteiger partial charge in [-0.15, -0.1) is 0 Å². The Labute approximate surface area is 393 Å². The molecule has 1 N–H and O–H groups in total. The number of likely N-dealkylation sites (N-methyl/N-ethyl adjacent to an activating group) is 1. The minimum absolute atomic E-state index is 0.0355. The van der Waals surface area contributed by atoms with Gasteiger partial charge in [0.2, 0.25) is 0 Å². The molecule has 0 aliphatic heterocycles. The van der Waals surface area contributed by atoms with Crippen LogP contribution in [0.5, 0.6) is 0 Å². The number of quaternary nitrogens is 1. The average molecular weight is 895 g/mol. The molecule has 0 aliphatic carbocycles. The standard InChI is InChI=1S/C56H95NO7/c1-6-8-10-12-14-16-18-20-22-24-25-26-27-28-29-31-33-35-37-39-41-43-45-47-55(59)64-52(50-62-49-48-53(56(60)61)57(3,4)5)51-63-54(58)46-44-42-40-38-36-34-32-30-23-21-19-17-15-13-11-9-7-2/h9,11,15,17,21,23,25-26,28-29,32,34,38,40,52-53H,6-8,10,12-14,16,18-20,22,24,27,30-31,33,35-37,39,41-51H2,1-5H3/p+1/b11-9+,17-15+,23-21+,26-25+,29-28+,34-32+,40-38+. The van der Waals surface area contributed by atoms with Crippen LogP contribution in [0.4, 0.5) is 0 Å². The minimum atomic E-state index is -0.886. The number of hydrogen-bond donors (Lipinski definition) is 1. The zero-order valence-electron chi connectivity index (χ0n) is 41.7. The molecule has 0 fully saturated rings. The van der Waals surface area contributed by atoms with E-state index in [0.29, 0.717) is 19.3 Å². The minimum Gasteiger partial charge on any atom is -0.477 e. The number of nitrogens with zero attached hydrogens (tertiary/aromatic N) is 1. The molecule has 8 heteroatoms. The number of esters is 2. The number of unbranched alkanes of at least 4 members (excludes halogenated alkanes) is 17. The van der Waals surface area contributed by atoms with Crippen LogP contribution in [-0.4, -0.2) is 80.6 Å². The molecular formula is C56H96NO7+. The maximum Gasteiger partial charge on any atom is 0.362 e. The molecule has 0 rings (SSSR count). The summed E-state index contributed by atoms with van der Waals surface area (Å²) in [4.78, 5) is 37.1. The summed E-state index contributed by atoms with van der Waals surface area (Å²) < 4.78 is 17.3. The lowest BCUT2D eigenvalue weighted by molar-refractivity contribution is -0.887. The van der Waals surface area contributed by atoms with Gasteiger partial charge >= 0.3 is 17.9 Å². The molecule has 0 saturated carbocycles. The van der Waals surface area contributed by atoms with E-state index in [2.05, 4.69) is 98.9 Å². The molecule has 2 unspecified atom stereocenters. The monoisotopic (exact) mass is 895 g/mol. The van der Waals surface area contributed by atoms with Crippen molar-refractivity contribution in [2.24, 2.45) is 0 Å². The van der Waals surface area contributed by atoms with Gasteiger partial charge in [-0.25, -0.2) is 4.79 Å². The van der Waals surface area contributed by atoms with Crippen LogP contribution in [0.1, 0.15) is 200 Å². The number of carboxylic acids is 1. The zero-order chi connectivity index (χ0) is 47.0. The van der Waals surface area contributed by atoms with E-state index in [1.54, 1.807) is 0 Å². The lowest BCUT2D eigenvalue weighted by Crippen LogP contribution is -2.50. The van der Waals surface area contributed by atoms with E-state index in [1.165, 1.54) is 89.9 Å². The van der Waals surface area contributed by atoms with Crippen LogP contribution in [0.3, 0.4) is 0 Å². The van der Waals surface area contributed by atoms with E-state index < -0.39 is 18.1 Å². The van der Waals surface area contributed by atoms with Crippen LogP contribution >= 0.6 is 0 Å². The highest BCUT2D eigenvalue weighted by Crippen LogP contribution is 2.14. The van der Waals surface area contributed by atoms with Crippen molar-refractivity contribution < 1.29 is 38.2 Å². The van der Waals surface area contributed by atoms with Crippen molar-refractivity contribution in [1.82, 2.24) is 0 Å². The molecular weight excluding hydrogens is 799 g/mol. The smallest absolute Gasteiger partial charge is 0.362 e. The van der Waals surface area contributed by atoms with Crippen LogP contribution in [0.25, 0.3) is 0 Å². The number of allylic oxidation sites excluding steroid dienone is 14. The normalized spacial score (nSPS) is 13.6. The fourth-order valence-electron chi connectivity index (χ4n) is 7.10. The molecule has 2 atom stereocenters. The van der Waals surface area contributed by atoms with Crippen molar-refractivity contribution in [2.45, 2.75) is 212 Å². The van der Waals surface area contributed by atoms with Gasteiger partial charge in [0.15, 0.2) is 12.1 Å². The Bertz CT molecular complexity index is 1320. The Morgan fingerprint density at radius 3 is 1.34 bits per heavy atom. The van der Waals surface area contributed by atoms with Crippen LogP contribution in [0, 0.1) is 0 Å². The molecule has 64 heavy (non-hydrogen) atoms. The summed E-state index contributed by atoms with van der Waals surface area (Å²) in [7, 11) is 5.51. The number of ether oxygens (including phenoxy) is 3. The summed E-state index contributed by atoms with van der Waals surface area (Å²) in [6, 6.07) is -0.630. The molecule has 0 aliphatic rings. The van der Waals surface area contributed by atoms with Gasteiger partial charge in [-0.05, 0) is 83.5 Å². The number of rotatable bonds is 45. The molecule has 0 bridgehead atoms. The second-order valence-corrected chi connectivity index (χ2v) is 18.0. The Hall–Kier alpha value is -3.49. The van der Waals surface area contributed by atoms with Gasteiger partial charge in [-0.1, -0.05) is 182 Å². The topological polar surface area (TPSA) is 99.1 Å². The highest BCUT2D eigenvalue weighted by Gasteiger charge is 2.31. The van der Waals surface area contributed by atoms with Crippen LogP contribution in [0.2, 0.25) is 0 Å². The Morgan fingerprint density at radius 1 is 0.484 bits per heavy atom. The summed E-state index contributed by atoms with van der Waals surface area (Å²) in [6.07, 6.45) is 60.7. The van der Waals surface area contributed by atoms with Gasteiger partial charge < -0.3 is 23.8 Å². The zero-order valence-corrected chi connectivity index (χ0v) is 41.7. The van der Waals surface area contributed by atoms with E-state index in [1.807, 2.05) is 21.1 Å². The Kier molecular flexibility index (Phi) is 43.5. The van der Waals surface area contributed by atoms with Gasteiger partial charge in [0.1, 0.15) is 6.61 Å². The summed E-state index contributed by atoms with van der Waals surface area (Å²) in [5.41, 5.74) is 0. The van der Waals surface area contributed by atoms with Crippen LogP contribution in [-0.2, 0) is 28.6 Å². The van der Waals surface area contributed by atoms with E-state index in [-0.39, 0.29) is 42.7 Å². The highest BCUT2D eigenvalue weighted by molar-refractivity contribution is 5.72. The number of carbonyl (C=O) groups excluding carboxylic acids is 2. The summed E-state index contributed by atoms with van der Waals surface area (Å²) >= 11 is 0. The van der Waals surface area contributed by atoms with Gasteiger partial charge in [0, 0.05) is 19.3 Å². The fourth-order valence-corrected chi connectivity index (χ4v) is 7.10. The number of carbonyl (C=O) groups is 3. The van der Waals surface area contributed by atoms with Crippen LogP contribution < -0.4 is 0 Å². The molecule has 366 valence electrons. The van der Waals surface area contributed by atoms with Crippen LogP contribution in [0.15, 0.2) is 85.1 Å². The van der Waals surface area contributed by atoms with Gasteiger partial charge in [-0.3, -0.25) is 9.59 Å². The molecule has 0 saturated heterocycles. The van der Waals surface area contributed by atoms with E-state index >= 15 is 0 Å². The number of carboxylic acid groups (broad SMARTS) is 1. The Morgan fingerprint density at radius 2 is 0.891 bits per heavy atom. The predicted molar refractivity (Wildman–Crippen MR) is 270 cm³/mol. The summed E-state index contributed by atoms with van der Waals surface area (Å²) in [6.45, 7) is 4.56. The first-order valence-corrected chi connectivity index (χ1v) is 25.6. The fraction of sp³-hybridized carbons (Fsp3) is 0.696. The first-order chi connectivity index (χ1) is 31.1. The Balaban J connectivity index is 4.34. The maximum atomic E-state index is 12.8. The lowest BCUT2D eigenvalue weighted by Gasteiger charge is -2.31. The average Bonchev–Trinajstić information content (AvgIpc) is 3.26. The SMILES string of the molecule is CC/C=C/C/C=C/C/C=C/C/C=C/C/C=C/CCCC(=O)OCC(COCCC(C(=O)O)[N+](C)(C)C)OC(=O)CCCCCCCCC/C=C/C/C=C/CCCCCCCCCCC. The number of aliphatic carboxylic acids is 1. The summed E-state index contributed by atoms with van der Waals surface area (Å²) in [5, 5.41) is 9.65. The van der Waals surface area contributed by atoms with E-state index in [4.69, 9.17) is 14.2 Å². The highest BCUT2D eigenvalue weighted by atomic mass is 16.6. The van der Waals surface area contributed by atoms with Crippen molar-refractivity contribution in [3.8, 4) is 0 Å². The van der Waals surface area contributed by atoms with Crippen molar-refractivity contribution >= 4 is 17.9 Å². The third-order valence-electron chi connectivity index (χ3n) is 11.0. The molecule has 0 aromatic rings. The van der Waals surface area contributed by atoms with Crippen molar-refractivity contribution in [1.29, 1.82) is 0 Å². The first kappa shape index (κ1) is 60.5. The number of hydrogen-bond acceptors (Lipinski definition) is 6. The molecule has 0 heterocycles. The maximum absolute atomic E-state index is 12.8. The van der Waals surface area contributed by atoms with Crippen molar-refractivity contribution in [2.75, 3.05) is 41.0 Å². The molecule has 0 radical (unpaired) electrons. The molecule has 0 amide bonds. The molecule has 0 spiro atoms. The third kappa shape index (κ3) is 43.7. The lowest BCUT2D eigenvalue weighted by atomic mass is 10.1. The predicted octanol–water partition coefficient (Wildman–Crippen LogP) is 14.9. The van der Waals surface area contributed by atoms with E-state index in [9.17, 15) is 19.5 Å². The van der Waals surface area contributed by atoms with Gasteiger partial charge in [0.05, 0.1) is 34.4 Å². The second kappa shape index (κ2) is 46.1. The third-order valence-corrected chi connectivity index (χ3v) is 11.0. The largest absolute Gasteiger partial charge is 0.477 e. The van der Waals surface area contributed by atoms with E-state index in [0.717, 1.165) is 70.6 Å². The van der Waals surface area contributed by atoms with Gasteiger partial charge in [-0.2, -0.15) is 0 Å².